The van der Waals surface area contributed by atoms with Crippen molar-refractivity contribution in [3.05, 3.63) is 52.4 Å². The highest BCUT2D eigenvalue weighted by Crippen LogP contribution is 2.37. The van der Waals surface area contributed by atoms with E-state index < -0.39 is 10.8 Å². The molecule has 1 saturated carbocycles. The predicted octanol–water partition coefficient (Wildman–Crippen LogP) is 3.46. The molecule has 2 aromatic heterocycles. The average molecular weight is 354 g/mol. The molecule has 4 nitrogen and oxygen atoms in total. The van der Waals surface area contributed by atoms with Crippen molar-refractivity contribution < 1.29 is 4.21 Å². The van der Waals surface area contributed by atoms with Crippen LogP contribution in [0, 0.1) is 12.8 Å². The zero-order valence-corrected chi connectivity index (χ0v) is 15.6. The van der Waals surface area contributed by atoms with Crippen LogP contribution in [-0.2, 0) is 24.4 Å². The molecule has 0 bridgehead atoms. The average Bonchev–Trinajstić information content (AvgIpc) is 3.32. The molecule has 3 aromatic rings. The largest absolute Gasteiger partial charge is 0.340 e. The molecular formula is C20H22N2O2S. The summed E-state index contributed by atoms with van der Waals surface area (Å²) in [4.78, 5) is 12.9. The van der Waals surface area contributed by atoms with Crippen molar-refractivity contribution in [2.75, 3.05) is 6.26 Å². The van der Waals surface area contributed by atoms with Gasteiger partial charge in [-0.3, -0.25) is 9.00 Å². The van der Waals surface area contributed by atoms with Crippen LogP contribution in [0.3, 0.4) is 0 Å². The SMILES string of the molecule is Cc1cc(-c2cc3c(S(C)=O)cccc3n2CC2CC2)cn(C)c1=O. The van der Waals surface area contributed by atoms with Crippen LogP contribution in [0.4, 0.5) is 0 Å². The van der Waals surface area contributed by atoms with Gasteiger partial charge in [0.25, 0.3) is 5.56 Å². The van der Waals surface area contributed by atoms with E-state index in [0.717, 1.165) is 45.1 Å². The number of fused-ring (bicyclic) bond motifs is 1. The van der Waals surface area contributed by atoms with Gasteiger partial charge in [-0.1, -0.05) is 6.07 Å². The zero-order chi connectivity index (χ0) is 17.7. The third-order valence-electron chi connectivity index (χ3n) is 5.01. The lowest BCUT2D eigenvalue weighted by Crippen LogP contribution is -2.18. The topological polar surface area (TPSA) is 44.0 Å². The molecule has 0 saturated heterocycles. The molecule has 1 fully saturated rings. The number of pyridine rings is 1. The Hall–Kier alpha value is -2.14. The summed E-state index contributed by atoms with van der Waals surface area (Å²) >= 11 is 0. The standard InChI is InChI=1S/C20H22N2O2S/c1-13-9-15(12-21(2)20(13)23)18-10-16-17(22(18)11-14-7-8-14)5-4-6-19(16)25(3)24/h4-6,9-10,12,14H,7-8,11H2,1-3H3. The van der Waals surface area contributed by atoms with Gasteiger partial charge in [-0.15, -0.1) is 0 Å². The number of hydrogen-bond acceptors (Lipinski definition) is 2. The normalized spacial score (nSPS) is 15.6. The van der Waals surface area contributed by atoms with Crippen LogP contribution < -0.4 is 5.56 Å². The minimum atomic E-state index is -1.03. The number of rotatable bonds is 4. The highest BCUT2D eigenvalue weighted by Gasteiger charge is 2.25. The summed E-state index contributed by atoms with van der Waals surface area (Å²) in [6.45, 7) is 2.83. The maximum Gasteiger partial charge on any atom is 0.253 e. The molecule has 5 heteroatoms. The molecule has 2 heterocycles. The Morgan fingerprint density at radius 1 is 1.24 bits per heavy atom. The van der Waals surface area contributed by atoms with Crippen molar-refractivity contribution in [3.8, 4) is 11.3 Å². The van der Waals surface area contributed by atoms with Gasteiger partial charge in [-0.05, 0) is 49.9 Å². The molecule has 1 atom stereocenters. The lowest BCUT2D eigenvalue weighted by molar-refractivity contribution is 0.651. The smallest absolute Gasteiger partial charge is 0.253 e. The Labute approximate surface area is 149 Å². The Balaban J connectivity index is 2.00. The van der Waals surface area contributed by atoms with Crippen LogP contribution in [0.2, 0.25) is 0 Å². The Morgan fingerprint density at radius 3 is 2.64 bits per heavy atom. The van der Waals surface area contributed by atoms with Gasteiger partial charge in [0.05, 0.1) is 16.5 Å². The Kier molecular flexibility index (Phi) is 3.91. The first-order valence-corrected chi connectivity index (χ1v) is 10.1. The van der Waals surface area contributed by atoms with Crippen molar-refractivity contribution in [3.63, 3.8) is 0 Å². The van der Waals surface area contributed by atoms with Gasteiger partial charge >= 0.3 is 0 Å². The first-order valence-electron chi connectivity index (χ1n) is 8.59. The van der Waals surface area contributed by atoms with E-state index in [-0.39, 0.29) is 5.56 Å². The first-order chi connectivity index (χ1) is 12.0. The molecule has 4 rings (SSSR count). The van der Waals surface area contributed by atoms with Gasteiger partial charge in [0.2, 0.25) is 0 Å². The minimum absolute atomic E-state index is 0.0314. The van der Waals surface area contributed by atoms with Crippen LogP contribution in [0.15, 0.2) is 46.2 Å². The van der Waals surface area contributed by atoms with E-state index in [4.69, 9.17) is 0 Å². The molecule has 130 valence electrons. The molecule has 0 amide bonds. The Bertz CT molecular complexity index is 1030. The lowest BCUT2D eigenvalue weighted by Gasteiger charge is -2.12. The van der Waals surface area contributed by atoms with E-state index in [2.05, 4.69) is 16.7 Å². The van der Waals surface area contributed by atoms with E-state index in [9.17, 15) is 9.00 Å². The number of aryl methyl sites for hydroxylation is 2. The van der Waals surface area contributed by atoms with Crippen molar-refractivity contribution in [1.29, 1.82) is 0 Å². The third kappa shape index (κ3) is 2.86. The predicted molar refractivity (Wildman–Crippen MR) is 102 cm³/mol. The van der Waals surface area contributed by atoms with Crippen LogP contribution >= 0.6 is 0 Å². The molecule has 0 N–H and O–H groups in total. The van der Waals surface area contributed by atoms with Gasteiger partial charge in [-0.25, -0.2) is 0 Å². The van der Waals surface area contributed by atoms with E-state index in [1.807, 2.05) is 31.3 Å². The molecule has 0 aliphatic heterocycles. The summed E-state index contributed by atoms with van der Waals surface area (Å²) in [5, 5.41) is 1.05. The molecular weight excluding hydrogens is 332 g/mol. The number of aromatic nitrogens is 2. The highest BCUT2D eigenvalue weighted by atomic mass is 32.2. The Morgan fingerprint density at radius 2 is 2.00 bits per heavy atom. The number of hydrogen-bond donors (Lipinski definition) is 0. The van der Waals surface area contributed by atoms with Gasteiger partial charge in [0.1, 0.15) is 0 Å². The minimum Gasteiger partial charge on any atom is -0.340 e. The molecule has 1 aliphatic carbocycles. The van der Waals surface area contributed by atoms with Crippen molar-refractivity contribution in [2.45, 2.75) is 31.2 Å². The maximum absolute atomic E-state index is 12.2. The molecule has 25 heavy (non-hydrogen) atoms. The van der Waals surface area contributed by atoms with Crippen LogP contribution in [0.25, 0.3) is 22.2 Å². The van der Waals surface area contributed by atoms with Crippen molar-refractivity contribution in [1.82, 2.24) is 9.13 Å². The van der Waals surface area contributed by atoms with Crippen molar-refractivity contribution >= 4 is 21.7 Å². The fraction of sp³-hybridized carbons (Fsp3) is 0.350. The van der Waals surface area contributed by atoms with Gasteiger partial charge in [0, 0.05) is 53.0 Å². The third-order valence-corrected chi connectivity index (χ3v) is 5.99. The number of nitrogens with zero attached hydrogens (tertiary/aromatic N) is 2. The van der Waals surface area contributed by atoms with Crippen molar-refractivity contribution in [2.24, 2.45) is 13.0 Å². The molecule has 1 unspecified atom stereocenters. The summed E-state index contributed by atoms with van der Waals surface area (Å²) in [6.07, 6.45) is 6.16. The van der Waals surface area contributed by atoms with E-state index in [0.29, 0.717) is 0 Å². The second kappa shape index (κ2) is 5.99. The van der Waals surface area contributed by atoms with E-state index in [1.54, 1.807) is 17.9 Å². The maximum atomic E-state index is 12.2. The van der Waals surface area contributed by atoms with Gasteiger partial charge < -0.3 is 9.13 Å². The first kappa shape index (κ1) is 16.3. The fourth-order valence-electron chi connectivity index (χ4n) is 3.52. The van der Waals surface area contributed by atoms with E-state index >= 15 is 0 Å². The lowest BCUT2D eigenvalue weighted by atomic mass is 10.1. The second-order valence-electron chi connectivity index (χ2n) is 7.05. The summed E-state index contributed by atoms with van der Waals surface area (Å²) in [6, 6.07) is 10.1. The molecule has 1 aliphatic rings. The summed E-state index contributed by atoms with van der Waals surface area (Å²) < 4.78 is 16.1. The van der Waals surface area contributed by atoms with Gasteiger partial charge in [0.15, 0.2) is 0 Å². The summed E-state index contributed by atoms with van der Waals surface area (Å²) in [7, 11) is 0.758. The fourth-order valence-corrected chi connectivity index (χ4v) is 4.26. The summed E-state index contributed by atoms with van der Waals surface area (Å²) in [5.41, 5.74) is 4.02. The molecule has 0 spiro atoms. The molecule has 1 aromatic carbocycles. The van der Waals surface area contributed by atoms with Crippen LogP contribution in [0.1, 0.15) is 18.4 Å². The van der Waals surface area contributed by atoms with E-state index in [1.165, 1.54) is 12.8 Å². The second-order valence-corrected chi connectivity index (χ2v) is 8.40. The molecule has 0 radical (unpaired) electrons. The van der Waals surface area contributed by atoms with Gasteiger partial charge in [-0.2, -0.15) is 0 Å². The summed E-state index contributed by atoms with van der Waals surface area (Å²) in [5.74, 6) is 0.721. The number of benzene rings is 1. The zero-order valence-electron chi connectivity index (χ0n) is 14.8. The highest BCUT2D eigenvalue weighted by molar-refractivity contribution is 7.84. The monoisotopic (exact) mass is 354 g/mol. The van der Waals surface area contributed by atoms with Crippen LogP contribution in [-0.4, -0.2) is 19.6 Å². The quantitative estimate of drug-likeness (QED) is 0.720. The van der Waals surface area contributed by atoms with Crippen LogP contribution in [0.5, 0.6) is 0 Å².